The van der Waals surface area contributed by atoms with Crippen LogP contribution in [0.15, 0.2) is 75.8 Å². The van der Waals surface area contributed by atoms with Gasteiger partial charge in [-0.2, -0.15) is 9.67 Å². The molecule has 28 heavy (non-hydrogen) atoms. The Kier molecular flexibility index (Phi) is 5.08. The van der Waals surface area contributed by atoms with Crippen LogP contribution in [0.5, 0.6) is 0 Å². The summed E-state index contributed by atoms with van der Waals surface area (Å²) in [5.74, 6) is 0.946. The highest BCUT2D eigenvalue weighted by Crippen LogP contribution is 2.20. The third-order valence-corrected chi connectivity index (χ3v) is 4.67. The molecule has 0 bridgehead atoms. The number of benzene rings is 2. The van der Waals surface area contributed by atoms with Gasteiger partial charge in [0.25, 0.3) is 5.91 Å². The zero-order valence-corrected chi connectivity index (χ0v) is 16.7. The Balaban J connectivity index is 1.67. The summed E-state index contributed by atoms with van der Waals surface area (Å²) in [6.07, 6.45) is 1.55. The predicted molar refractivity (Wildman–Crippen MR) is 110 cm³/mol. The normalized spacial score (nSPS) is 10.8. The fraction of sp³-hybridized carbons (Fsp3) is 0.0952. The van der Waals surface area contributed by atoms with Crippen LogP contribution in [0.1, 0.15) is 21.5 Å². The first kappa shape index (κ1) is 18.2. The summed E-state index contributed by atoms with van der Waals surface area (Å²) in [6, 6.07) is 18.8. The van der Waals surface area contributed by atoms with E-state index in [0.717, 1.165) is 15.6 Å². The first-order valence-electron chi connectivity index (χ1n) is 8.71. The third kappa shape index (κ3) is 3.89. The molecular weight excluding hydrogens is 420 g/mol. The molecule has 1 N–H and O–H groups in total. The van der Waals surface area contributed by atoms with Gasteiger partial charge in [-0.1, -0.05) is 45.8 Å². The lowest BCUT2D eigenvalue weighted by Gasteiger charge is -2.08. The zero-order valence-electron chi connectivity index (χ0n) is 15.1. The number of nitrogens with one attached hydrogen (secondary N) is 1. The van der Waals surface area contributed by atoms with Crippen LogP contribution >= 0.6 is 15.9 Å². The molecule has 0 radical (unpaired) electrons. The Morgan fingerprint density at radius 3 is 2.68 bits per heavy atom. The van der Waals surface area contributed by atoms with E-state index in [1.54, 1.807) is 30.5 Å². The van der Waals surface area contributed by atoms with E-state index >= 15 is 0 Å². The number of carbonyl (C=O) groups excluding carboxylic acids is 1. The highest BCUT2D eigenvalue weighted by atomic mass is 79.9. The Bertz CT molecular complexity index is 1100. The maximum absolute atomic E-state index is 13.0. The molecule has 0 spiro atoms. The van der Waals surface area contributed by atoms with Gasteiger partial charge in [-0.05, 0) is 48.9 Å². The van der Waals surface area contributed by atoms with Crippen molar-refractivity contribution in [3.8, 4) is 11.6 Å². The SMILES string of the molecule is Cc1ccc(C(=O)n2nc(-c3ccco3)nc2NCc2cccc(Br)c2)cc1. The average Bonchev–Trinajstić information content (AvgIpc) is 3.36. The van der Waals surface area contributed by atoms with Crippen molar-refractivity contribution in [2.75, 3.05) is 5.32 Å². The molecule has 140 valence electrons. The molecule has 0 atom stereocenters. The minimum Gasteiger partial charge on any atom is -0.461 e. The minimum atomic E-state index is -0.262. The number of nitrogens with zero attached hydrogens (tertiary/aromatic N) is 3. The molecule has 6 nitrogen and oxygen atoms in total. The van der Waals surface area contributed by atoms with E-state index in [4.69, 9.17) is 4.42 Å². The van der Waals surface area contributed by atoms with E-state index in [1.807, 2.05) is 43.3 Å². The molecule has 7 heteroatoms. The molecule has 2 aromatic carbocycles. The molecule has 0 unspecified atom stereocenters. The molecular formula is C21H17BrN4O2. The molecule has 0 saturated carbocycles. The lowest BCUT2D eigenvalue weighted by atomic mass is 10.1. The standard InChI is InChI=1S/C21H17BrN4O2/c1-14-7-9-16(10-8-14)20(27)26-21(23-13-15-4-2-5-17(22)12-15)24-19(25-26)18-6-3-11-28-18/h2-12H,13H2,1H3,(H,23,24,25). The van der Waals surface area contributed by atoms with Gasteiger partial charge in [-0.3, -0.25) is 4.79 Å². The Morgan fingerprint density at radius 1 is 1.14 bits per heavy atom. The first-order chi connectivity index (χ1) is 13.6. The lowest BCUT2D eigenvalue weighted by Crippen LogP contribution is -2.17. The van der Waals surface area contributed by atoms with Gasteiger partial charge in [0, 0.05) is 16.6 Å². The summed E-state index contributed by atoms with van der Waals surface area (Å²) in [5.41, 5.74) is 2.66. The molecule has 0 aliphatic rings. The summed E-state index contributed by atoms with van der Waals surface area (Å²) in [6.45, 7) is 2.47. The van der Waals surface area contributed by atoms with Crippen molar-refractivity contribution in [1.82, 2.24) is 14.8 Å². The fourth-order valence-electron chi connectivity index (χ4n) is 2.72. The summed E-state index contributed by atoms with van der Waals surface area (Å²) >= 11 is 3.47. The van der Waals surface area contributed by atoms with Gasteiger partial charge in [-0.15, -0.1) is 5.10 Å². The largest absolute Gasteiger partial charge is 0.461 e. The molecule has 0 fully saturated rings. The van der Waals surface area contributed by atoms with Crippen molar-refractivity contribution in [2.24, 2.45) is 0 Å². The third-order valence-electron chi connectivity index (χ3n) is 4.18. The number of anilines is 1. The summed E-state index contributed by atoms with van der Waals surface area (Å²) < 4.78 is 7.65. The van der Waals surface area contributed by atoms with Gasteiger partial charge in [0.05, 0.1) is 6.26 Å². The molecule has 4 aromatic rings. The average molecular weight is 437 g/mol. The first-order valence-corrected chi connectivity index (χ1v) is 9.50. The lowest BCUT2D eigenvalue weighted by molar-refractivity contribution is 0.0947. The van der Waals surface area contributed by atoms with Gasteiger partial charge < -0.3 is 9.73 Å². The van der Waals surface area contributed by atoms with Gasteiger partial charge in [-0.25, -0.2) is 0 Å². The van der Waals surface area contributed by atoms with Gasteiger partial charge in [0.1, 0.15) is 0 Å². The van der Waals surface area contributed by atoms with Crippen LogP contribution in [-0.2, 0) is 6.54 Å². The van der Waals surface area contributed by atoms with Crippen LogP contribution < -0.4 is 5.32 Å². The van der Waals surface area contributed by atoms with Crippen molar-refractivity contribution >= 4 is 27.8 Å². The van der Waals surface area contributed by atoms with E-state index < -0.39 is 0 Å². The van der Waals surface area contributed by atoms with E-state index in [0.29, 0.717) is 29.6 Å². The number of halogens is 1. The number of hydrogen-bond acceptors (Lipinski definition) is 5. The Hall–Kier alpha value is -3.19. The minimum absolute atomic E-state index is 0.262. The summed E-state index contributed by atoms with van der Waals surface area (Å²) in [7, 11) is 0. The highest BCUT2D eigenvalue weighted by molar-refractivity contribution is 9.10. The smallest absolute Gasteiger partial charge is 0.281 e. The van der Waals surface area contributed by atoms with Gasteiger partial charge in [0.15, 0.2) is 5.76 Å². The molecule has 0 amide bonds. The maximum atomic E-state index is 13.0. The van der Waals surface area contributed by atoms with E-state index in [9.17, 15) is 4.79 Å². The van der Waals surface area contributed by atoms with E-state index in [-0.39, 0.29) is 5.91 Å². The van der Waals surface area contributed by atoms with Crippen LogP contribution in [0, 0.1) is 6.92 Å². The second kappa shape index (κ2) is 7.82. The number of carbonyl (C=O) groups is 1. The molecule has 0 saturated heterocycles. The Morgan fingerprint density at radius 2 is 1.96 bits per heavy atom. The molecule has 4 rings (SSSR count). The Labute approximate surface area is 170 Å². The second-order valence-electron chi connectivity index (χ2n) is 6.30. The van der Waals surface area contributed by atoms with Crippen molar-refractivity contribution in [3.63, 3.8) is 0 Å². The second-order valence-corrected chi connectivity index (χ2v) is 7.22. The quantitative estimate of drug-likeness (QED) is 0.481. The molecule has 0 aliphatic carbocycles. The zero-order chi connectivity index (χ0) is 19.5. The topological polar surface area (TPSA) is 73.0 Å². The van der Waals surface area contributed by atoms with Crippen molar-refractivity contribution in [2.45, 2.75) is 13.5 Å². The molecule has 0 aliphatic heterocycles. The molecule has 2 heterocycles. The van der Waals surface area contributed by atoms with Gasteiger partial charge in [0.2, 0.25) is 11.8 Å². The highest BCUT2D eigenvalue weighted by Gasteiger charge is 2.19. The molecule has 2 aromatic heterocycles. The summed E-state index contributed by atoms with van der Waals surface area (Å²) in [4.78, 5) is 17.5. The van der Waals surface area contributed by atoms with Crippen LogP contribution in [0.3, 0.4) is 0 Å². The maximum Gasteiger partial charge on any atom is 0.281 e. The van der Waals surface area contributed by atoms with E-state index in [2.05, 4.69) is 31.3 Å². The van der Waals surface area contributed by atoms with Crippen LogP contribution in [0.2, 0.25) is 0 Å². The predicted octanol–water partition coefficient (Wildman–Crippen LogP) is 4.91. The van der Waals surface area contributed by atoms with Crippen molar-refractivity contribution < 1.29 is 9.21 Å². The van der Waals surface area contributed by atoms with Crippen molar-refractivity contribution in [1.29, 1.82) is 0 Å². The van der Waals surface area contributed by atoms with Crippen LogP contribution in [-0.4, -0.2) is 20.7 Å². The van der Waals surface area contributed by atoms with E-state index in [1.165, 1.54) is 4.68 Å². The number of aryl methyl sites for hydroxylation is 1. The van der Waals surface area contributed by atoms with Crippen LogP contribution in [0.25, 0.3) is 11.6 Å². The number of furan rings is 1. The monoisotopic (exact) mass is 436 g/mol. The number of aromatic nitrogens is 3. The van der Waals surface area contributed by atoms with Crippen LogP contribution in [0.4, 0.5) is 5.95 Å². The number of hydrogen-bond donors (Lipinski definition) is 1. The summed E-state index contributed by atoms with van der Waals surface area (Å²) in [5, 5.41) is 7.58. The number of rotatable bonds is 5. The fourth-order valence-corrected chi connectivity index (χ4v) is 3.17. The van der Waals surface area contributed by atoms with Gasteiger partial charge >= 0.3 is 0 Å². The van der Waals surface area contributed by atoms with Crippen molar-refractivity contribution in [3.05, 3.63) is 88.1 Å².